The summed E-state index contributed by atoms with van der Waals surface area (Å²) in [6, 6.07) is 9.48. The molecule has 0 saturated carbocycles. The van der Waals surface area contributed by atoms with Crippen molar-refractivity contribution in [2.45, 2.75) is 36.6 Å². The molecule has 0 spiro atoms. The van der Waals surface area contributed by atoms with Crippen molar-refractivity contribution < 1.29 is 4.74 Å². The minimum Gasteiger partial charge on any atom is -0.381 e. The van der Waals surface area contributed by atoms with Crippen LogP contribution in [0.5, 0.6) is 0 Å². The lowest BCUT2D eigenvalue weighted by Gasteiger charge is -2.35. The first-order valence-electron chi connectivity index (χ1n) is 7.43. The largest absolute Gasteiger partial charge is 0.381 e. The molecule has 1 N–H and O–H groups in total. The Balaban J connectivity index is 1.80. The molecule has 0 amide bonds. The third-order valence-corrected chi connectivity index (χ3v) is 5.52. The van der Waals surface area contributed by atoms with Crippen molar-refractivity contribution in [3.05, 3.63) is 29.8 Å². The Morgan fingerprint density at radius 3 is 3.11 bits per heavy atom. The van der Waals surface area contributed by atoms with Crippen LogP contribution in [-0.2, 0) is 4.74 Å². The lowest BCUT2D eigenvalue weighted by atomic mass is 9.82. The second kappa shape index (κ2) is 6.29. The molecule has 104 valence electrons. The second-order valence-corrected chi connectivity index (χ2v) is 6.58. The van der Waals surface area contributed by atoms with Crippen LogP contribution in [-0.4, -0.2) is 31.6 Å². The molecule has 0 aliphatic carbocycles. The van der Waals surface area contributed by atoms with E-state index >= 15 is 0 Å². The van der Waals surface area contributed by atoms with Crippen LogP contribution in [0.3, 0.4) is 0 Å². The number of rotatable bonds is 4. The number of thioether (sulfide) groups is 1. The molecule has 3 atom stereocenters. The lowest BCUT2D eigenvalue weighted by Crippen LogP contribution is -2.44. The summed E-state index contributed by atoms with van der Waals surface area (Å²) in [7, 11) is 0. The highest BCUT2D eigenvalue weighted by Crippen LogP contribution is 2.43. The average Bonchev–Trinajstić information content (AvgIpc) is 2.89. The first-order valence-corrected chi connectivity index (χ1v) is 8.41. The highest BCUT2D eigenvalue weighted by atomic mass is 32.2. The summed E-state index contributed by atoms with van der Waals surface area (Å²) in [4.78, 5) is 1.48. The molecule has 1 fully saturated rings. The van der Waals surface area contributed by atoms with Crippen LogP contribution >= 0.6 is 11.8 Å². The van der Waals surface area contributed by atoms with Gasteiger partial charge < -0.3 is 10.1 Å². The number of nitrogens with one attached hydrogen (secondary N) is 1. The van der Waals surface area contributed by atoms with E-state index in [-0.39, 0.29) is 0 Å². The number of hydrogen-bond acceptors (Lipinski definition) is 3. The maximum Gasteiger partial charge on any atom is 0.0509 e. The SMILES string of the molecule is CCNC(C1CCCOC1)C1CSc2ccccc21. The van der Waals surface area contributed by atoms with Crippen molar-refractivity contribution in [3.8, 4) is 0 Å². The van der Waals surface area contributed by atoms with Gasteiger partial charge in [0.2, 0.25) is 0 Å². The zero-order chi connectivity index (χ0) is 13.1. The van der Waals surface area contributed by atoms with E-state index in [1.165, 1.54) is 23.5 Å². The van der Waals surface area contributed by atoms with Gasteiger partial charge in [-0.1, -0.05) is 25.1 Å². The molecular weight excluding hydrogens is 254 g/mol. The Labute approximate surface area is 120 Å². The fraction of sp³-hybridized carbons (Fsp3) is 0.625. The van der Waals surface area contributed by atoms with E-state index in [2.05, 4.69) is 36.5 Å². The van der Waals surface area contributed by atoms with Gasteiger partial charge in [-0.15, -0.1) is 11.8 Å². The molecule has 0 radical (unpaired) electrons. The Hall–Kier alpha value is -0.510. The molecule has 19 heavy (non-hydrogen) atoms. The molecule has 2 nitrogen and oxygen atoms in total. The van der Waals surface area contributed by atoms with Crippen LogP contribution in [0.1, 0.15) is 31.2 Å². The summed E-state index contributed by atoms with van der Waals surface area (Å²) >= 11 is 2.01. The van der Waals surface area contributed by atoms with E-state index < -0.39 is 0 Å². The van der Waals surface area contributed by atoms with Gasteiger partial charge in [0, 0.05) is 29.2 Å². The topological polar surface area (TPSA) is 21.3 Å². The van der Waals surface area contributed by atoms with Crippen LogP contribution in [0.2, 0.25) is 0 Å². The van der Waals surface area contributed by atoms with Gasteiger partial charge in [0.15, 0.2) is 0 Å². The molecule has 0 bridgehead atoms. The van der Waals surface area contributed by atoms with Crippen molar-refractivity contribution in [2.75, 3.05) is 25.5 Å². The van der Waals surface area contributed by atoms with Gasteiger partial charge in [-0.25, -0.2) is 0 Å². The van der Waals surface area contributed by atoms with Crippen molar-refractivity contribution in [1.29, 1.82) is 0 Å². The lowest BCUT2D eigenvalue weighted by molar-refractivity contribution is 0.0362. The number of benzene rings is 1. The first kappa shape index (κ1) is 13.5. The summed E-state index contributed by atoms with van der Waals surface area (Å²) in [5, 5.41) is 3.74. The third kappa shape index (κ3) is 2.83. The zero-order valence-corrected chi connectivity index (χ0v) is 12.4. The summed E-state index contributed by atoms with van der Waals surface area (Å²) in [6.07, 6.45) is 2.52. The average molecular weight is 277 g/mol. The highest BCUT2D eigenvalue weighted by molar-refractivity contribution is 7.99. The number of ether oxygens (including phenoxy) is 1. The normalized spacial score (nSPS) is 28.1. The molecule has 2 aliphatic heterocycles. The van der Waals surface area contributed by atoms with E-state index in [4.69, 9.17) is 4.74 Å². The summed E-state index contributed by atoms with van der Waals surface area (Å²) in [5.74, 6) is 2.53. The molecular formula is C16H23NOS. The van der Waals surface area contributed by atoms with Crippen molar-refractivity contribution in [2.24, 2.45) is 5.92 Å². The molecule has 2 heterocycles. The summed E-state index contributed by atoms with van der Waals surface area (Å²) in [6.45, 7) is 5.14. The Morgan fingerprint density at radius 1 is 1.42 bits per heavy atom. The van der Waals surface area contributed by atoms with Gasteiger partial charge >= 0.3 is 0 Å². The maximum absolute atomic E-state index is 5.71. The molecule has 3 rings (SSSR count). The fourth-order valence-corrected chi connectivity index (χ4v) is 4.71. The third-order valence-electron chi connectivity index (χ3n) is 4.31. The predicted molar refractivity (Wildman–Crippen MR) is 80.9 cm³/mol. The second-order valence-electron chi connectivity index (χ2n) is 5.52. The molecule has 0 aromatic heterocycles. The van der Waals surface area contributed by atoms with Crippen LogP contribution < -0.4 is 5.32 Å². The van der Waals surface area contributed by atoms with Crippen molar-refractivity contribution in [3.63, 3.8) is 0 Å². The minimum absolute atomic E-state index is 0.571. The fourth-order valence-electron chi connectivity index (χ4n) is 3.41. The molecule has 1 aromatic rings. The Kier molecular flexibility index (Phi) is 4.46. The van der Waals surface area contributed by atoms with Gasteiger partial charge in [0.1, 0.15) is 0 Å². The molecule has 1 saturated heterocycles. The van der Waals surface area contributed by atoms with Gasteiger partial charge in [0.25, 0.3) is 0 Å². The molecule has 1 aromatic carbocycles. The van der Waals surface area contributed by atoms with Gasteiger partial charge in [-0.3, -0.25) is 0 Å². The standard InChI is InChI=1S/C16H23NOS/c1-2-17-16(12-6-5-9-18-10-12)14-11-19-15-8-4-3-7-13(14)15/h3-4,7-8,12,14,16-17H,2,5-6,9-11H2,1H3. The summed E-state index contributed by atoms with van der Waals surface area (Å²) < 4.78 is 5.71. The smallest absolute Gasteiger partial charge is 0.0509 e. The van der Waals surface area contributed by atoms with Crippen LogP contribution in [0, 0.1) is 5.92 Å². The minimum atomic E-state index is 0.571. The van der Waals surface area contributed by atoms with E-state index in [9.17, 15) is 0 Å². The zero-order valence-electron chi connectivity index (χ0n) is 11.6. The first-order chi connectivity index (χ1) is 9.40. The van der Waals surface area contributed by atoms with E-state index in [0.717, 1.165) is 19.8 Å². The van der Waals surface area contributed by atoms with Gasteiger partial charge in [-0.2, -0.15) is 0 Å². The quantitative estimate of drug-likeness (QED) is 0.912. The number of likely N-dealkylation sites (N-methyl/N-ethyl adjacent to an activating group) is 1. The molecule has 2 aliphatic rings. The van der Waals surface area contributed by atoms with Crippen molar-refractivity contribution in [1.82, 2.24) is 5.32 Å². The monoisotopic (exact) mass is 277 g/mol. The molecule has 3 heteroatoms. The predicted octanol–water partition coefficient (Wildman–Crippen LogP) is 3.28. The number of fused-ring (bicyclic) bond motifs is 1. The van der Waals surface area contributed by atoms with Crippen LogP contribution in [0.15, 0.2) is 29.2 Å². The highest BCUT2D eigenvalue weighted by Gasteiger charge is 2.35. The Morgan fingerprint density at radius 2 is 2.32 bits per heavy atom. The maximum atomic E-state index is 5.71. The van der Waals surface area contributed by atoms with Gasteiger partial charge in [0.05, 0.1) is 6.61 Å². The number of hydrogen-bond donors (Lipinski definition) is 1. The van der Waals surface area contributed by atoms with Crippen molar-refractivity contribution >= 4 is 11.8 Å². The van der Waals surface area contributed by atoms with Gasteiger partial charge in [-0.05, 0) is 36.9 Å². The van der Waals surface area contributed by atoms with Crippen LogP contribution in [0.4, 0.5) is 0 Å². The van der Waals surface area contributed by atoms with E-state index in [1.54, 1.807) is 5.56 Å². The van der Waals surface area contributed by atoms with Crippen LogP contribution in [0.25, 0.3) is 0 Å². The van der Waals surface area contributed by atoms with E-state index in [0.29, 0.717) is 17.9 Å². The molecule has 3 unspecified atom stereocenters. The summed E-state index contributed by atoms with van der Waals surface area (Å²) in [5.41, 5.74) is 1.55. The van der Waals surface area contributed by atoms with E-state index in [1.807, 2.05) is 11.8 Å². The Bertz CT molecular complexity index is 417.